The Balaban J connectivity index is 0.00000289. The summed E-state index contributed by atoms with van der Waals surface area (Å²) in [5.74, 6) is 0.662. The van der Waals surface area contributed by atoms with E-state index < -0.39 is 10.1 Å². The summed E-state index contributed by atoms with van der Waals surface area (Å²) in [6, 6.07) is 18.5. The molecule has 0 saturated heterocycles. The predicted octanol–water partition coefficient (Wildman–Crippen LogP) is 4.41. The van der Waals surface area contributed by atoms with Gasteiger partial charge in [-0.3, -0.25) is 9.54 Å². The van der Waals surface area contributed by atoms with Crippen molar-refractivity contribution in [1.82, 2.24) is 4.98 Å². The van der Waals surface area contributed by atoms with Gasteiger partial charge in [0.15, 0.2) is 0 Å². The first kappa shape index (κ1) is 23.8. The molecule has 3 aromatic carbocycles. The minimum absolute atomic E-state index is 0. The van der Waals surface area contributed by atoms with Crippen LogP contribution in [0.1, 0.15) is 5.56 Å². The third-order valence-corrected chi connectivity index (χ3v) is 5.46. The Hall–Kier alpha value is -2.82. The van der Waals surface area contributed by atoms with E-state index in [0.29, 0.717) is 28.8 Å². The molecule has 4 aromatic rings. The van der Waals surface area contributed by atoms with Crippen LogP contribution in [0.15, 0.2) is 94.2 Å². The van der Waals surface area contributed by atoms with E-state index in [1.165, 1.54) is 6.07 Å². The molecule has 0 radical (unpaired) electrons. The summed E-state index contributed by atoms with van der Waals surface area (Å²) < 4.78 is 38.9. The zero-order valence-electron chi connectivity index (χ0n) is 16.2. The van der Waals surface area contributed by atoms with E-state index in [0.717, 1.165) is 5.56 Å². The average Bonchev–Trinajstić information content (AvgIpc) is 2.78. The van der Waals surface area contributed by atoms with Crippen molar-refractivity contribution >= 4 is 67.5 Å². The van der Waals surface area contributed by atoms with Crippen molar-refractivity contribution in [3.8, 4) is 5.75 Å². The van der Waals surface area contributed by atoms with Crippen LogP contribution in [0.2, 0.25) is 0 Å². The van der Waals surface area contributed by atoms with Crippen LogP contribution in [0.4, 0.5) is 17.1 Å². The summed E-state index contributed by atoms with van der Waals surface area (Å²) in [7, 11) is -4.46. The van der Waals surface area contributed by atoms with Gasteiger partial charge in [0, 0.05) is 23.2 Å². The zero-order valence-corrected chi connectivity index (χ0v) is 17.0. The van der Waals surface area contributed by atoms with Gasteiger partial charge in [-0.25, -0.2) is 0 Å². The maximum atomic E-state index is 11.8. The first-order valence-corrected chi connectivity index (χ1v) is 10.7. The third-order valence-electron chi connectivity index (χ3n) is 4.57. The van der Waals surface area contributed by atoms with Gasteiger partial charge < -0.3 is 10.5 Å². The molecule has 32 heavy (non-hydrogen) atoms. The standard InChI is InChI=1S/C22H18N4O4S.Na.H/c23-22-19-4-2-1-3-18(19)21(31(27,28)29)13-20(22)26-25-16-5-7-17(8-6-16)30-14-15-9-11-24-12-10-15;;/h1-13H,14,23H2,(H,27,28,29);;/b26-25+;;. The molecule has 1 heterocycles. The summed E-state index contributed by atoms with van der Waals surface area (Å²) in [5.41, 5.74) is 8.10. The van der Waals surface area contributed by atoms with Crippen molar-refractivity contribution in [2.45, 2.75) is 11.5 Å². The fourth-order valence-electron chi connectivity index (χ4n) is 3.01. The topological polar surface area (TPSA) is 127 Å². The Morgan fingerprint density at radius 3 is 2.25 bits per heavy atom. The molecule has 4 rings (SSSR count). The van der Waals surface area contributed by atoms with Gasteiger partial charge in [-0.15, -0.1) is 5.11 Å². The number of ether oxygens (including phenoxy) is 1. The van der Waals surface area contributed by atoms with Gasteiger partial charge in [0.1, 0.15) is 22.9 Å². The molecule has 0 saturated carbocycles. The molecule has 0 amide bonds. The van der Waals surface area contributed by atoms with Gasteiger partial charge in [0.2, 0.25) is 0 Å². The second-order valence-corrected chi connectivity index (χ2v) is 8.06. The van der Waals surface area contributed by atoms with Gasteiger partial charge in [0.25, 0.3) is 10.1 Å². The zero-order chi connectivity index (χ0) is 21.8. The van der Waals surface area contributed by atoms with Crippen molar-refractivity contribution in [2.75, 3.05) is 5.73 Å². The Morgan fingerprint density at radius 2 is 1.59 bits per heavy atom. The van der Waals surface area contributed by atoms with Gasteiger partial charge in [0.05, 0.1) is 11.4 Å². The van der Waals surface area contributed by atoms with E-state index in [-0.39, 0.29) is 45.8 Å². The molecule has 0 aliphatic heterocycles. The Morgan fingerprint density at radius 1 is 0.938 bits per heavy atom. The number of anilines is 1. The molecule has 1 aromatic heterocycles. The fraction of sp³-hybridized carbons (Fsp3) is 0.0455. The Labute approximate surface area is 207 Å². The summed E-state index contributed by atoms with van der Waals surface area (Å²) in [6.45, 7) is 0.412. The Bertz CT molecular complexity index is 1360. The molecule has 0 unspecified atom stereocenters. The van der Waals surface area contributed by atoms with Crippen LogP contribution in [-0.4, -0.2) is 47.5 Å². The number of hydrogen-bond donors (Lipinski definition) is 2. The van der Waals surface area contributed by atoms with Crippen LogP contribution in [-0.2, 0) is 16.7 Å². The predicted molar refractivity (Wildman–Crippen MR) is 125 cm³/mol. The van der Waals surface area contributed by atoms with Crippen LogP contribution in [0, 0.1) is 0 Å². The molecule has 0 fully saturated rings. The summed E-state index contributed by atoms with van der Waals surface area (Å²) in [6.07, 6.45) is 3.40. The molecule has 0 aliphatic rings. The van der Waals surface area contributed by atoms with Gasteiger partial charge in [-0.2, -0.15) is 13.5 Å². The molecule has 8 nitrogen and oxygen atoms in total. The number of nitrogens with zero attached hydrogens (tertiary/aromatic N) is 3. The molecule has 0 bridgehead atoms. The number of hydrogen-bond acceptors (Lipinski definition) is 7. The second kappa shape index (κ2) is 10.2. The van der Waals surface area contributed by atoms with Gasteiger partial charge in [-0.05, 0) is 48.0 Å². The van der Waals surface area contributed by atoms with Crippen molar-refractivity contribution in [1.29, 1.82) is 0 Å². The molecule has 0 spiro atoms. The van der Waals surface area contributed by atoms with Crippen molar-refractivity contribution in [3.05, 3.63) is 84.7 Å². The first-order chi connectivity index (χ1) is 14.9. The van der Waals surface area contributed by atoms with Crippen LogP contribution in [0.5, 0.6) is 5.75 Å². The van der Waals surface area contributed by atoms with Crippen molar-refractivity contribution in [3.63, 3.8) is 0 Å². The van der Waals surface area contributed by atoms with E-state index in [1.807, 2.05) is 12.1 Å². The summed E-state index contributed by atoms with van der Waals surface area (Å²) >= 11 is 0. The van der Waals surface area contributed by atoms with E-state index >= 15 is 0 Å². The molecule has 3 N–H and O–H groups in total. The number of fused-ring (bicyclic) bond motifs is 1. The SMILES string of the molecule is Nc1c(/N=N/c2ccc(OCc3ccncc3)cc2)cc(S(=O)(=O)O)c2ccccc12.[NaH]. The number of aromatic nitrogens is 1. The Kier molecular flexibility index (Phi) is 7.60. The van der Waals surface area contributed by atoms with E-state index in [2.05, 4.69) is 15.2 Å². The van der Waals surface area contributed by atoms with Crippen LogP contribution >= 0.6 is 0 Å². The molecular weight excluding hydrogens is 439 g/mol. The number of benzene rings is 3. The van der Waals surface area contributed by atoms with Crippen molar-refractivity contribution < 1.29 is 17.7 Å². The van der Waals surface area contributed by atoms with Gasteiger partial charge >= 0.3 is 29.6 Å². The maximum absolute atomic E-state index is 11.8. The number of nitrogen functional groups attached to an aromatic ring is 1. The normalized spacial score (nSPS) is 11.4. The average molecular weight is 458 g/mol. The fourth-order valence-corrected chi connectivity index (χ4v) is 3.73. The van der Waals surface area contributed by atoms with E-state index in [4.69, 9.17) is 10.5 Å². The molecule has 158 valence electrons. The molecule has 0 aliphatic carbocycles. The van der Waals surface area contributed by atoms with Crippen molar-refractivity contribution in [2.24, 2.45) is 10.2 Å². The summed E-state index contributed by atoms with van der Waals surface area (Å²) in [5, 5.41) is 9.01. The number of rotatable bonds is 6. The molecular formula is C22H19N4NaO4S. The first-order valence-electron chi connectivity index (χ1n) is 9.24. The number of nitrogens with two attached hydrogens (primary N) is 1. The minimum atomic E-state index is -4.46. The van der Waals surface area contributed by atoms with Crippen LogP contribution in [0.3, 0.4) is 0 Å². The van der Waals surface area contributed by atoms with Crippen LogP contribution < -0.4 is 10.5 Å². The summed E-state index contributed by atoms with van der Waals surface area (Å²) in [4.78, 5) is 3.69. The van der Waals surface area contributed by atoms with E-state index in [1.54, 1.807) is 60.9 Å². The van der Waals surface area contributed by atoms with E-state index in [9.17, 15) is 13.0 Å². The molecule has 10 heteroatoms. The second-order valence-electron chi connectivity index (χ2n) is 6.67. The monoisotopic (exact) mass is 458 g/mol. The number of azo groups is 1. The molecule has 0 atom stereocenters. The quantitative estimate of drug-likeness (QED) is 0.191. The third kappa shape index (κ3) is 5.50. The van der Waals surface area contributed by atoms with Gasteiger partial charge in [-0.1, -0.05) is 24.3 Å². The van der Waals surface area contributed by atoms with Crippen LogP contribution in [0.25, 0.3) is 10.8 Å². The number of pyridine rings is 1.